The molecule has 0 heteroatoms. The summed E-state index contributed by atoms with van der Waals surface area (Å²) < 4.78 is 0. The zero-order valence-electron chi connectivity index (χ0n) is 21.5. The monoisotopic (exact) mass is 456 g/mol. The van der Waals surface area contributed by atoms with Crippen LogP contribution in [0.1, 0.15) is 68.6 Å². The first-order valence-electron chi connectivity index (χ1n) is 12.8. The molecule has 0 heterocycles. The third-order valence-corrected chi connectivity index (χ3v) is 8.18. The van der Waals surface area contributed by atoms with Gasteiger partial charge in [-0.2, -0.15) is 0 Å². The first-order chi connectivity index (χ1) is 16.8. The van der Waals surface area contributed by atoms with Crippen LogP contribution in [0, 0.1) is 5.92 Å². The fourth-order valence-electron chi connectivity index (χ4n) is 6.62. The Morgan fingerprint density at radius 3 is 2.29 bits per heavy atom. The zero-order chi connectivity index (χ0) is 24.9. The molecule has 3 unspecified atom stereocenters. The second-order valence-corrected chi connectivity index (χ2v) is 10.5. The van der Waals surface area contributed by atoms with Crippen molar-refractivity contribution in [1.29, 1.82) is 0 Å². The molecule has 0 N–H and O–H groups in total. The lowest BCUT2D eigenvalue weighted by Crippen LogP contribution is -2.21. The predicted octanol–water partition coefficient (Wildman–Crippen LogP) is 9.64. The maximum absolute atomic E-state index is 4.77. The van der Waals surface area contributed by atoms with Crippen molar-refractivity contribution >= 4 is 5.57 Å². The van der Waals surface area contributed by atoms with Gasteiger partial charge in [0.25, 0.3) is 0 Å². The summed E-state index contributed by atoms with van der Waals surface area (Å²) in [7, 11) is 0. The van der Waals surface area contributed by atoms with Crippen LogP contribution in [0.4, 0.5) is 0 Å². The normalized spacial score (nSPS) is 25.5. The Morgan fingerprint density at radius 1 is 0.914 bits per heavy atom. The van der Waals surface area contributed by atoms with E-state index in [1.807, 2.05) is 0 Å². The Morgan fingerprint density at radius 2 is 1.60 bits per heavy atom. The third-order valence-electron chi connectivity index (χ3n) is 8.18. The molecule has 1 saturated carbocycles. The molecule has 0 spiro atoms. The number of hydrogen-bond acceptors (Lipinski definition) is 0. The number of hydrogen-bond donors (Lipinski definition) is 0. The Bertz CT molecular complexity index is 1350. The maximum Gasteiger partial charge on any atom is 0.0201 e. The standard InChI is InChI=1S/C35H36/c1-8-22(4)32-23(5)19-27-20-31(25(7)33(27)35(32)26-14-10-9-11-15-26)34-24(6)30(18-21(2)3)28-16-12-13-17-29(28)34/h9-17,19,30,33,35H,2,4,6-8,18,20H2,1,3,5H3/b34-31-. The van der Waals surface area contributed by atoms with Gasteiger partial charge >= 0.3 is 0 Å². The smallest absolute Gasteiger partial charge is 0.0201 e. The molecule has 2 aromatic rings. The molecule has 0 amide bonds. The molecule has 0 aliphatic heterocycles. The highest BCUT2D eigenvalue weighted by molar-refractivity contribution is 5.92. The van der Waals surface area contributed by atoms with E-state index in [-0.39, 0.29) is 11.8 Å². The van der Waals surface area contributed by atoms with Crippen molar-refractivity contribution < 1.29 is 0 Å². The zero-order valence-corrected chi connectivity index (χ0v) is 21.5. The second kappa shape index (κ2) is 9.00. The maximum atomic E-state index is 4.77. The lowest BCUT2D eigenvalue weighted by Gasteiger charge is -2.34. The molecule has 0 aromatic heterocycles. The molecular formula is C35H36. The molecule has 0 radical (unpaired) electrons. The summed E-state index contributed by atoms with van der Waals surface area (Å²) in [5, 5.41) is 0. The average Bonchev–Trinajstić information content (AvgIpc) is 3.31. The first-order valence-corrected chi connectivity index (χ1v) is 12.8. The molecule has 3 aliphatic rings. The van der Waals surface area contributed by atoms with E-state index in [9.17, 15) is 0 Å². The first kappa shape index (κ1) is 23.4. The highest BCUT2D eigenvalue weighted by Crippen LogP contribution is 2.59. The number of fused-ring (bicyclic) bond motifs is 2. The van der Waals surface area contributed by atoms with Crippen molar-refractivity contribution in [2.75, 3.05) is 0 Å². The van der Waals surface area contributed by atoms with Gasteiger partial charge in [0.15, 0.2) is 0 Å². The summed E-state index contributed by atoms with van der Waals surface area (Å²) in [5.74, 6) is 0.822. The van der Waals surface area contributed by atoms with Crippen LogP contribution in [0.3, 0.4) is 0 Å². The summed E-state index contributed by atoms with van der Waals surface area (Å²) in [6.45, 7) is 24.7. The summed E-state index contributed by atoms with van der Waals surface area (Å²) in [5.41, 5.74) is 15.9. The van der Waals surface area contributed by atoms with Gasteiger partial charge < -0.3 is 0 Å². The van der Waals surface area contributed by atoms with E-state index in [0.29, 0.717) is 5.92 Å². The molecule has 5 rings (SSSR count). The van der Waals surface area contributed by atoms with Gasteiger partial charge in [-0.05, 0) is 83.2 Å². The third kappa shape index (κ3) is 3.76. The van der Waals surface area contributed by atoms with Gasteiger partial charge in [0.2, 0.25) is 0 Å². The van der Waals surface area contributed by atoms with Crippen LogP contribution in [0.25, 0.3) is 5.57 Å². The largest absolute Gasteiger partial charge is 0.100 e. The fourth-order valence-corrected chi connectivity index (χ4v) is 6.62. The van der Waals surface area contributed by atoms with Crippen LogP contribution in [-0.4, -0.2) is 0 Å². The molecule has 3 aliphatic carbocycles. The Hall–Kier alpha value is -3.38. The summed E-state index contributed by atoms with van der Waals surface area (Å²) in [4.78, 5) is 0. The molecule has 0 saturated heterocycles. The number of rotatable bonds is 5. The fraction of sp³-hybridized carbons (Fsp3) is 0.257. The van der Waals surface area contributed by atoms with Crippen LogP contribution in [0.15, 0.2) is 132 Å². The van der Waals surface area contributed by atoms with E-state index >= 15 is 0 Å². The lowest BCUT2D eigenvalue weighted by atomic mass is 9.69. The van der Waals surface area contributed by atoms with E-state index in [2.05, 4.69) is 101 Å². The summed E-state index contributed by atoms with van der Waals surface area (Å²) in [6.07, 6.45) is 5.27. The Kier molecular flexibility index (Phi) is 6.01. The SMILES string of the molecule is C=C(C)CC1C(=C)/C(=C2\CC3=CC(C)=C(C(=C)CC)C(c4ccccc4)C3C2=C)c2ccccc21. The topological polar surface area (TPSA) is 0 Å². The minimum absolute atomic E-state index is 0.255. The molecule has 0 nitrogen and oxygen atoms in total. The van der Waals surface area contributed by atoms with Crippen molar-refractivity contribution in [3.05, 3.63) is 148 Å². The lowest BCUT2D eigenvalue weighted by molar-refractivity contribution is 0.622. The molecular weight excluding hydrogens is 420 g/mol. The molecule has 35 heavy (non-hydrogen) atoms. The molecule has 2 aromatic carbocycles. The minimum atomic E-state index is 0.255. The highest BCUT2D eigenvalue weighted by Gasteiger charge is 2.43. The van der Waals surface area contributed by atoms with E-state index in [1.54, 1.807) is 0 Å². The second-order valence-electron chi connectivity index (χ2n) is 10.5. The Balaban J connectivity index is 1.67. The van der Waals surface area contributed by atoms with Crippen LogP contribution < -0.4 is 0 Å². The molecule has 3 atom stereocenters. The molecule has 0 bridgehead atoms. The van der Waals surface area contributed by atoms with Gasteiger partial charge in [0.05, 0.1) is 0 Å². The van der Waals surface area contributed by atoms with Crippen LogP contribution in [0.5, 0.6) is 0 Å². The van der Waals surface area contributed by atoms with Crippen molar-refractivity contribution in [3.63, 3.8) is 0 Å². The van der Waals surface area contributed by atoms with Crippen molar-refractivity contribution in [2.45, 2.75) is 51.9 Å². The van der Waals surface area contributed by atoms with Crippen LogP contribution >= 0.6 is 0 Å². The quantitative estimate of drug-likeness (QED) is 0.393. The van der Waals surface area contributed by atoms with E-state index in [1.165, 1.54) is 66.8 Å². The van der Waals surface area contributed by atoms with Gasteiger partial charge in [-0.3, -0.25) is 0 Å². The van der Waals surface area contributed by atoms with Gasteiger partial charge in [0.1, 0.15) is 0 Å². The Labute approximate surface area is 211 Å². The van der Waals surface area contributed by atoms with Gasteiger partial charge in [-0.25, -0.2) is 0 Å². The van der Waals surface area contributed by atoms with Crippen LogP contribution in [0.2, 0.25) is 0 Å². The number of allylic oxidation sites excluding steroid dienone is 10. The minimum Gasteiger partial charge on any atom is -0.100 e. The van der Waals surface area contributed by atoms with E-state index in [4.69, 9.17) is 6.58 Å². The van der Waals surface area contributed by atoms with Crippen LogP contribution in [-0.2, 0) is 0 Å². The number of benzene rings is 2. The van der Waals surface area contributed by atoms with E-state index in [0.717, 1.165) is 19.3 Å². The molecule has 176 valence electrons. The average molecular weight is 457 g/mol. The summed E-state index contributed by atoms with van der Waals surface area (Å²) in [6, 6.07) is 19.8. The van der Waals surface area contributed by atoms with Gasteiger partial charge in [0, 0.05) is 17.8 Å². The highest BCUT2D eigenvalue weighted by atomic mass is 14.5. The van der Waals surface area contributed by atoms with Crippen molar-refractivity contribution in [1.82, 2.24) is 0 Å². The van der Waals surface area contributed by atoms with Crippen molar-refractivity contribution in [3.8, 4) is 0 Å². The van der Waals surface area contributed by atoms with E-state index < -0.39 is 0 Å². The predicted molar refractivity (Wildman–Crippen MR) is 151 cm³/mol. The van der Waals surface area contributed by atoms with Gasteiger partial charge in [-0.15, -0.1) is 6.58 Å². The van der Waals surface area contributed by atoms with Crippen molar-refractivity contribution in [2.24, 2.45) is 5.92 Å². The van der Waals surface area contributed by atoms with Gasteiger partial charge in [-0.1, -0.05) is 104 Å². The molecule has 1 fully saturated rings. The summed E-state index contributed by atoms with van der Waals surface area (Å²) >= 11 is 0.